The van der Waals surface area contributed by atoms with Crippen molar-refractivity contribution in [2.75, 3.05) is 26.8 Å². The molecule has 2 aromatic rings. The van der Waals surface area contributed by atoms with E-state index in [1.807, 2.05) is 16.9 Å². The minimum atomic E-state index is -0.105. The molecule has 0 aromatic carbocycles. The summed E-state index contributed by atoms with van der Waals surface area (Å²) in [5.41, 5.74) is 2.45. The second kappa shape index (κ2) is 7.72. The lowest BCUT2D eigenvalue weighted by molar-refractivity contribution is -0.126. The highest BCUT2D eigenvalue weighted by Gasteiger charge is 2.27. The second-order valence-corrected chi connectivity index (χ2v) is 6.57. The molecule has 1 aliphatic heterocycles. The molecule has 1 atom stereocenters. The van der Waals surface area contributed by atoms with E-state index in [2.05, 4.69) is 32.1 Å². The van der Waals surface area contributed by atoms with E-state index in [1.165, 1.54) is 5.56 Å². The third kappa shape index (κ3) is 4.19. The minimum Gasteiger partial charge on any atom is -0.383 e. The molecule has 23 heavy (non-hydrogen) atoms. The van der Waals surface area contributed by atoms with Crippen LogP contribution in [-0.4, -0.2) is 47.4 Å². The first kappa shape index (κ1) is 16.2. The lowest BCUT2D eigenvalue weighted by Gasteiger charge is -2.23. The van der Waals surface area contributed by atoms with E-state index in [1.54, 1.807) is 18.4 Å². The molecule has 0 spiro atoms. The second-order valence-electron chi connectivity index (χ2n) is 5.79. The van der Waals surface area contributed by atoms with Crippen molar-refractivity contribution in [1.29, 1.82) is 0 Å². The number of fused-ring (bicyclic) bond motifs is 1. The number of rotatable bonds is 6. The van der Waals surface area contributed by atoms with Crippen LogP contribution in [0.25, 0.3) is 0 Å². The summed E-state index contributed by atoms with van der Waals surface area (Å²) in [5, 5.41) is 11.6. The van der Waals surface area contributed by atoms with Gasteiger partial charge in [-0.05, 0) is 28.5 Å². The number of aromatic nitrogens is 2. The van der Waals surface area contributed by atoms with Crippen molar-refractivity contribution in [3.8, 4) is 0 Å². The van der Waals surface area contributed by atoms with Crippen LogP contribution in [0.4, 0.5) is 0 Å². The van der Waals surface area contributed by atoms with Crippen LogP contribution in [0.2, 0.25) is 0 Å². The van der Waals surface area contributed by atoms with Crippen molar-refractivity contribution in [3.63, 3.8) is 0 Å². The molecule has 0 radical (unpaired) electrons. The van der Waals surface area contributed by atoms with Gasteiger partial charge < -0.3 is 10.1 Å². The van der Waals surface area contributed by atoms with Gasteiger partial charge in [-0.3, -0.25) is 14.4 Å². The van der Waals surface area contributed by atoms with Gasteiger partial charge in [-0.2, -0.15) is 16.4 Å². The molecular weight excluding hydrogens is 312 g/mol. The van der Waals surface area contributed by atoms with E-state index in [0.29, 0.717) is 19.7 Å². The van der Waals surface area contributed by atoms with E-state index in [4.69, 9.17) is 4.74 Å². The Morgan fingerprint density at radius 3 is 3.17 bits per heavy atom. The molecule has 0 saturated carbocycles. The number of hydrogen-bond donors (Lipinski definition) is 1. The maximum absolute atomic E-state index is 12.5. The Balaban J connectivity index is 1.70. The number of methoxy groups -OCH3 is 1. The van der Waals surface area contributed by atoms with Crippen molar-refractivity contribution in [3.05, 3.63) is 40.3 Å². The van der Waals surface area contributed by atoms with Gasteiger partial charge in [0.1, 0.15) is 0 Å². The van der Waals surface area contributed by atoms with E-state index >= 15 is 0 Å². The van der Waals surface area contributed by atoms with Gasteiger partial charge in [0.2, 0.25) is 5.91 Å². The maximum Gasteiger partial charge on any atom is 0.226 e. The largest absolute Gasteiger partial charge is 0.383 e. The lowest BCUT2D eigenvalue weighted by Crippen LogP contribution is -2.40. The van der Waals surface area contributed by atoms with Gasteiger partial charge >= 0.3 is 0 Å². The Kier molecular flexibility index (Phi) is 5.43. The Bertz CT molecular complexity index is 626. The number of carbonyl (C=O) groups is 1. The Hall–Kier alpha value is -1.70. The zero-order chi connectivity index (χ0) is 16.1. The van der Waals surface area contributed by atoms with E-state index in [-0.39, 0.29) is 11.8 Å². The lowest BCUT2D eigenvalue weighted by atomic mass is 10.1. The molecule has 0 saturated heterocycles. The molecule has 3 heterocycles. The molecule has 6 nitrogen and oxygen atoms in total. The van der Waals surface area contributed by atoms with Crippen LogP contribution in [0.5, 0.6) is 0 Å². The highest BCUT2D eigenvalue weighted by molar-refractivity contribution is 7.07. The molecule has 1 amide bonds. The van der Waals surface area contributed by atoms with Crippen LogP contribution in [-0.2, 0) is 29.2 Å². The molecule has 1 aliphatic rings. The fraction of sp³-hybridized carbons (Fsp3) is 0.500. The van der Waals surface area contributed by atoms with Crippen molar-refractivity contribution in [2.45, 2.75) is 19.6 Å². The maximum atomic E-state index is 12.5. The van der Waals surface area contributed by atoms with Crippen LogP contribution in [0, 0.1) is 5.92 Å². The van der Waals surface area contributed by atoms with Crippen molar-refractivity contribution in [2.24, 2.45) is 5.92 Å². The molecule has 0 bridgehead atoms. The topological polar surface area (TPSA) is 59.4 Å². The molecule has 7 heteroatoms. The van der Waals surface area contributed by atoms with Gasteiger partial charge in [0, 0.05) is 39.5 Å². The predicted molar refractivity (Wildman–Crippen MR) is 89.0 cm³/mol. The summed E-state index contributed by atoms with van der Waals surface area (Å²) >= 11 is 1.70. The SMILES string of the molecule is COCCNC(=O)C1CN(Cc2ccsc2)Cc2ccnn2C1. The monoisotopic (exact) mass is 334 g/mol. The zero-order valence-corrected chi connectivity index (χ0v) is 14.1. The molecule has 3 rings (SSSR count). The van der Waals surface area contributed by atoms with Gasteiger partial charge in [-0.15, -0.1) is 0 Å². The minimum absolute atomic E-state index is 0.0701. The number of nitrogens with zero attached hydrogens (tertiary/aromatic N) is 3. The third-order valence-corrected chi connectivity index (χ3v) is 4.76. The average molecular weight is 334 g/mol. The summed E-state index contributed by atoms with van der Waals surface area (Å²) in [7, 11) is 1.64. The van der Waals surface area contributed by atoms with E-state index in [9.17, 15) is 4.79 Å². The Morgan fingerprint density at radius 2 is 2.39 bits per heavy atom. The molecule has 124 valence electrons. The third-order valence-electron chi connectivity index (χ3n) is 4.02. The summed E-state index contributed by atoms with van der Waals surface area (Å²) in [4.78, 5) is 14.8. The van der Waals surface area contributed by atoms with Gasteiger partial charge in [0.25, 0.3) is 0 Å². The van der Waals surface area contributed by atoms with Crippen molar-refractivity contribution < 1.29 is 9.53 Å². The van der Waals surface area contributed by atoms with Crippen LogP contribution in [0.3, 0.4) is 0 Å². The first-order valence-corrected chi connectivity index (χ1v) is 8.71. The number of amides is 1. The fourth-order valence-electron chi connectivity index (χ4n) is 2.88. The summed E-state index contributed by atoms with van der Waals surface area (Å²) in [6.07, 6.45) is 1.81. The molecule has 1 unspecified atom stereocenters. The molecule has 0 fully saturated rings. The van der Waals surface area contributed by atoms with Crippen molar-refractivity contribution >= 4 is 17.2 Å². The summed E-state index contributed by atoms with van der Waals surface area (Å²) in [6.45, 7) is 4.11. The summed E-state index contributed by atoms with van der Waals surface area (Å²) < 4.78 is 6.95. The standard InChI is InChI=1S/C16H22N4O2S/c1-22-6-5-17-16(21)14-9-19(8-13-3-7-23-12-13)11-15-2-4-18-20(15)10-14/h2-4,7,12,14H,5-6,8-11H2,1H3,(H,17,21). The van der Waals surface area contributed by atoms with Gasteiger partial charge in [0.05, 0.1) is 24.8 Å². The van der Waals surface area contributed by atoms with Crippen LogP contribution in [0.1, 0.15) is 11.3 Å². The number of thiophene rings is 1. The quantitative estimate of drug-likeness (QED) is 0.810. The highest BCUT2D eigenvalue weighted by atomic mass is 32.1. The normalized spacial score (nSPS) is 18.4. The molecule has 2 aromatic heterocycles. The predicted octanol–water partition coefficient (Wildman–Crippen LogP) is 1.34. The summed E-state index contributed by atoms with van der Waals surface area (Å²) in [5.74, 6) is -0.0349. The van der Waals surface area contributed by atoms with Gasteiger partial charge in [-0.1, -0.05) is 0 Å². The van der Waals surface area contributed by atoms with Crippen LogP contribution >= 0.6 is 11.3 Å². The van der Waals surface area contributed by atoms with E-state index < -0.39 is 0 Å². The van der Waals surface area contributed by atoms with Crippen LogP contribution in [0.15, 0.2) is 29.1 Å². The smallest absolute Gasteiger partial charge is 0.226 e. The number of hydrogen-bond acceptors (Lipinski definition) is 5. The van der Waals surface area contributed by atoms with Gasteiger partial charge in [-0.25, -0.2) is 0 Å². The summed E-state index contributed by atoms with van der Waals surface area (Å²) in [6, 6.07) is 4.17. The molecule has 1 N–H and O–H groups in total. The Morgan fingerprint density at radius 1 is 1.48 bits per heavy atom. The highest BCUT2D eigenvalue weighted by Crippen LogP contribution is 2.19. The zero-order valence-electron chi connectivity index (χ0n) is 13.3. The van der Waals surface area contributed by atoms with E-state index in [0.717, 1.165) is 25.3 Å². The van der Waals surface area contributed by atoms with Gasteiger partial charge in [0.15, 0.2) is 0 Å². The fourth-order valence-corrected chi connectivity index (χ4v) is 3.54. The Labute approximate surface area is 140 Å². The average Bonchev–Trinajstić information content (AvgIpc) is 3.16. The number of ether oxygens (including phenoxy) is 1. The first-order valence-electron chi connectivity index (χ1n) is 7.77. The molecular formula is C16H22N4O2S. The van der Waals surface area contributed by atoms with Crippen LogP contribution < -0.4 is 5.32 Å². The van der Waals surface area contributed by atoms with Crippen molar-refractivity contribution in [1.82, 2.24) is 20.0 Å². The number of carbonyl (C=O) groups excluding carboxylic acids is 1. The molecule has 0 aliphatic carbocycles. The first-order chi connectivity index (χ1) is 11.3. The number of nitrogens with one attached hydrogen (secondary N) is 1.